The molecule has 0 aliphatic rings. The van der Waals surface area contributed by atoms with Gasteiger partial charge < -0.3 is 0 Å². The van der Waals surface area contributed by atoms with Crippen LogP contribution in [0.2, 0.25) is 0 Å². The Labute approximate surface area is 87.8 Å². The highest BCUT2D eigenvalue weighted by atomic mass is 32.2. The van der Waals surface area contributed by atoms with Crippen molar-refractivity contribution >= 4 is 34.1 Å². The highest BCUT2D eigenvalue weighted by Crippen LogP contribution is 2.39. The summed E-state index contributed by atoms with van der Waals surface area (Å²) in [5, 5.41) is 0.386. The van der Waals surface area contributed by atoms with Crippen molar-refractivity contribution < 1.29 is 13.2 Å². The number of thiol groups is 1. The fourth-order valence-corrected chi connectivity index (χ4v) is 2.78. The van der Waals surface area contributed by atoms with Crippen LogP contribution in [0, 0.1) is 5.82 Å². The molecule has 0 amide bonds. The van der Waals surface area contributed by atoms with Crippen LogP contribution < -0.4 is 0 Å². The van der Waals surface area contributed by atoms with Crippen molar-refractivity contribution in [3.8, 4) is 0 Å². The molecule has 0 nitrogen and oxygen atoms in total. The number of rotatable bonds is 1. The maximum atomic E-state index is 12.8. The van der Waals surface area contributed by atoms with Gasteiger partial charge in [-0.3, -0.25) is 0 Å². The highest BCUT2D eigenvalue weighted by Gasteiger charge is 2.18. The monoisotopic (exact) mass is 234 g/mol. The SMILES string of the molecule is Fc1ccc2c(C(F)F)c(S)sc2c1. The third-order valence-corrected chi connectivity index (χ3v) is 3.37. The van der Waals surface area contributed by atoms with Gasteiger partial charge in [-0.15, -0.1) is 24.0 Å². The van der Waals surface area contributed by atoms with Gasteiger partial charge in [-0.2, -0.15) is 0 Å². The van der Waals surface area contributed by atoms with Crippen molar-refractivity contribution in [3.05, 3.63) is 29.6 Å². The molecule has 74 valence electrons. The van der Waals surface area contributed by atoms with Crippen LogP contribution in [0.3, 0.4) is 0 Å². The Morgan fingerprint density at radius 3 is 2.64 bits per heavy atom. The predicted octanol–water partition coefficient (Wildman–Crippen LogP) is 4.27. The number of hydrogen-bond acceptors (Lipinski definition) is 2. The summed E-state index contributed by atoms with van der Waals surface area (Å²) in [6.45, 7) is 0. The maximum Gasteiger partial charge on any atom is 0.266 e. The fraction of sp³-hybridized carbons (Fsp3) is 0.111. The Morgan fingerprint density at radius 1 is 1.29 bits per heavy atom. The molecule has 1 aromatic heterocycles. The molecule has 0 bridgehead atoms. The van der Waals surface area contributed by atoms with Gasteiger partial charge in [-0.05, 0) is 12.1 Å². The Kier molecular flexibility index (Phi) is 2.45. The summed E-state index contributed by atoms with van der Waals surface area (Å²) in [5.41, 5.74) is -0.103. The van der Waals surface area contributed by atoms with Gasteiger partial charge in [0.05, 0.1) is 4.21 Å². The lowest BCUT2D eigenvalue weighted by atomic mass is 10.2. The first kappa shape index (κ1) is 9.86. The van der Waals surface area contributed by atoms with Gasteiger partial charge in [0.25, 0.3) is 6.43 Å². The molecule has 2 aromatic rings. The van der Waals surface area contributed by atoms with Crippen LogP contribution in [0.15, 0.2) is 22.4 Å². The summed E-state index contributed by atoms with van der Waals surface area (Å²) in [6, 6.07) is 3.78. The van der Waals surface area contributed by atoms with Crippen molar-refractivity contribution in [1.82, 2.24) is 0 Å². The minimum atomic E-state index is -2.57. The summed E-state index contributed by atoms with van der Waals surface area (Å²) in [5.74, 6) is -0.423. The third kappa shape index (κ3) is 1.50. The molecule has 5 heteroatoms. The van der Waals surface area contributed by atoms with Crippen LogP contribution in [0.25, 0.3) is 10.1 Å². The van der Waals surface area contributed by atoms with E-state index < -0.39 is 12.2 Å². The van der Waals surface area contributed by atoms with Gasteiger partial charge in [0.15, 0.2) is 0 Å². The molecule has 14 heavy (non-hydrogen) atoms. The molecular weight excluding hydrogens is 229 g/mol. The topological polar surface area (TPSA) is 0 Å². The third-order valence-electron chi connectivity index (χ3n) is 1.89. The average molecular weight is 234 g/mol. The largest absolute Gasteiger partial charge is 0.266 e. The zero-order valence-electron chi connectivity index (χ0n) is 6.80. The van der Waals surface area contributed by atoms with E-state index in [0.29, 0.717) is 10.1 Å². The van der Waals surface area contributed by atoms with Crippen LogP contribution in [0.4, 0.5) is 13.2 Å². The van der Waals surface area contributed by atoms with E-state index in [9.17, 15) is 13.2 Å². The molecule has 0 fully saturated rings. The first-order valence-electron chi connectivity index (χ1n) is 3.78. The maximum absolute atomic E-state index is 12.8. The number of benzene rings is 1. The Morgan fingerprint density at radius 2 is 2.00 bits per heavy atom. The lowest BCUT2D eigenvalue weighted by Gasteiger charge is -1.97. The first-order chi connectivity index (χ1) is 6.59. The van der Waals surface area contributed by atoms with Crippen LogP contribution in [-0.4, -0.2) is 0 Å². The van der Waals surface area contributed by atoms with E-state index in [1.807, 2.05) is 0 Å². The smallest absolute Gasteiger partial charge is 0.207 e. The van der Waals surface area contributed by atoms with Crippen molar-refractivity contribution in [1.29, 1.82) is 0 Å². The van der Waals surface area contributed by atoms with Gasteiger partial charge in [0, 0.05) is 15.6 Å². The van der Waals surface area contributed by atoms with E-state index in [2.05, 4.69) is 12.6 Å². The number of thiophene rings is 1. The number of alkyl halides is 2. The van der Waals surface area contributed by atoms with E-state index in [0.717, 1.165) is 11.3 Å². The van der Waals surface area contributed by atoms with Crippen LogP contribution in [0.5, 0.6) is 0 Å². The minimum Gasteiger partial charge on any atom is -0.207 e. The Balaban J connectivity index is 2.77. The van der Waals surface area contributed by atoms with Crippen LogP contribution in [0.1, 0.15) is 12.0 Å². The molecular formula is C9H5F3S2. The zero-order chi connectivity index (χ0) is 10.3. The molecule has 0 radical (unpaired) electrons. The van der Waals surface area contributed by atoms with Crippen molar-refractivity contribution in [2.45, 2.75) is 10.6 Å². The van der Waals surface area contributed by atoms with Gasteiger partial charge in [0.1, 0.15) is 5.82 Å². The molecule has 0 N–H and O–H groups in total. The number of halogens is 3. The molecule has 0 saturated carbocycles. The highest BCUT2D eigenvalue weighted by molar-refractivity contribution is 7.83. The molecule has 2 rings (SSSR count). The lowest BCUT2D eigenvalue weighted by molar-refractivity contribution is 0.151. The zero-order valence-corrected chi connectivity index (χ0v) is 8.51. The van der Waals surface area contributed by atoms with Gasteiger partial charge in [0.2, 0.25) is 0 Å². The number of fused-ring (bicyclic) bond motifs is 1. The Hall–Kier alpha value is -0.680. The molecule has 1 heterocycles. The molecule has 0 saturated heterocycles. The molecule has 0 unspecified atom stereocenters. The summed E-state index contributed by atoms with van der Waals surface area (Å²) in [7, 11) is 0. The molecule has 0 atom stereocenters. The predicted molar refractivity (Wildman–Crippen MR) is 54.0 cm³/mol. The minimum absolute atomic E-state index is 0.103. The van der Waals surface area contributed by atoms with Crippen molar-refractivity contribution in [2.75, 3.05) is 0 Å². The molecule has 1 aromatic carbocycles. The first-order valence-corrected chi connectivity index (χ1v) is 5.05. The van der Waals surface area contributed by atoms with E-state index >= 15 is 0 Å². The summed E-state index contributed by atoms with van der Waals surface area (Å²) >= 11 is 5.01. The van der Waals surface area contributed by atoms with Crippen LogP contribution >= 0.6 is 24.0 Å². The second-order valence-corrected chi connectivity index (χ2v) is 4.56. The normalized spacial score (nSPS) is 11.5. The Bertz CT molecular complexity index is 476. The van der Waals surface area contributed by atoms with E-state index in [1.165, 1.54) is 18.2 Å². The van der Waals surface area contributed by atoms with E-state index in [4.69, 9.17) is 0 Å². The fourth-order valence-electron chi connectivity index (χ4n) is 1.29. The van der Waals surface area contributed by atoms with Gasteiger partial charge >= 0.3 is 0 Å². The summed E-state index contributed by atoms with van der Waals surface area (Å²) in [6.07, 6.45) is -2.57. The summed E-state index contributed by atoms with van der Waals surface area (Å²) < 4.78 is 38.6. The van der Waals surface area contributed by atoms with Crippen molar-refractivity contribution in [2.24, 2.45) is 0 Å². The molecule has 0 aliphatic heterocycles. The molecule has 0 spiro atoms. The quantitative estimate of drug-likeness (QED) is 0.700. The van der Waals surface area contributed by atoms with E-state index in [1.54, 1.807) is 0 Å². The summed E-state index contributed by atoms with van der Waals surface area (Å²) in [4.78, 5) is 0. The molecule has 0 aliphatic carbocycles. The number of hydrogen-bond donors (Lipinski definition) is 1. The lowest BCUT2D eigenvalue weighted by Crippen LogP contribution is -1.82. The average Bonchev–Trinajstić information content (AvgIpc) is 2.39. The van der Waals surface area contributed by atoms with Gasteiger partial charge in [-0.1, -0.05) is 6.07 Å². The van der Waals surface area contributed by atoms with Crippen LogP contribution in [-0.2, 0) is 0 Å². The second-order valence-electron chi connectivity index (χ2n) is 2.76. The van der Waals surface area contributed by atoms with E-state index in [-0.39, 0.29) is 9.77 Å². The van der Waals surface area contributed by atoms with Gasteiger partial charge in [-0.25, -0.2) is 13.2 Å². The van der Waals surface area contributed by atoms with Crippen molar-refractivity contribution in [3.63, 3.8) is 0 Å². The standard InChI is InChI=1S/C9H5F3S2/c10-4-1-2-5-6(3-4)14-9(13)7(5)8(11)12/h1-3,8,13H. The second kappa shape index (κ2) is 3.47.